The third-order valence-corrected chi connectivity index (χ3v) is 2.36. The molecule has 0 atom stereocenters. The number of hydrogen-bond acceptors (Lipinski definition) is 3. The predicted molar refractivity (Wildman–Crippen MR) is 65.5 cm³/mol. The Morgan fingerprint density at radius 2 is 2.12 bits per heavy atom. The fourth-order valence-corrected chi connectivity index (χ4v) is 1.57. The molecule has 88 valence electrons. The van der Waals surface area contributed by atoms with Gasteiger partial charge in [0.15, 0.2) is 5.76 Å². The molecule has 0 bridgehead atoms. The number of nitrogens with zero attached hydrogens (tertiary/aromatic N) is 1. The minimum atomic E-state index is -0.0205. The summed E-state index contributed by atoms with van der Waals surface area (Å²) < 4.78 is 5.16. The summed E-state index contributed by atoms with van der Waals surface area (Å²) in [6, 6.07) is 9.58. The van der Waals surface area contributed by atoms with Crippen molar-refractivity contribution in [2.45, 2.75) is 19.8 Å². The molecule has 2 aromatic rings. The summed E-state index contributed by atoms with van der Waals surface area (Å²) >= 11 is 0. The summed E-state index contributed by atoms with van der Waals surface area (Å²) in [5.74, 6) is 0.572. The van der Waals surface area contributed by atoms with E-state index in [0.29, 0.717) is 17.9 Å². The van der Waals surface area contributed by atoms with Crippen LogP contribution < -0.4 is 5.32 Å². The number of aromatic nitrogens is 1. The highest BCUT2D eigenvalue weighted by molar-refractivity contribution is 5.93. The van der Waals surface area contributed by atoms with E-state index in [1.807, 2.05) is 37.3 Å². The zero-order valence-electron chi connectivity index (χ0n) is 9.64. The van der Waals surface area contributed by atoms with Crippen molar-refractivity contribution < 1.29 is 9.32 Å². The van der Waals surface area contributed by atoms with Crippen molar-refractivity contribution in [2.24, 2.45) is 0 Å². The maximum Gasteiger partial charge on any atom is 0.224 e. The molecule has 1 aromatic carbocycles. The standard InChI is InChI=1S/C13H14N2O2/c1-2-6-12(16)15-11-9-14-17-13(11)10-7-4-3-5-8-10/h3-5,7-9H,2,6H2,1H3,(H,15,16). The number of anilines is 1. The van der Waals surface area contributed by atoms with Crippen LogP contribution in [-0.2, 0) is 4.79 Å². The predicted octanol–water partition coefficient (Wildman–Crippen LogP) is 3.08. The van der Waals surface area contributed by atoms with Crippen molar-refractivity contribution in [3.05, 3.63) is 36.5 Å². The second-order valence-corrected chi connectivity index (χ2v) is 3.73. The van der Waals surface area contributed by atoms with Gasteiger partial charge in [-0.1, -0.05) is 42.4 Å². The first kappa shape index (κ1) is 11.4. The molecule has 2 rings (SSSR count). The first-order valence-corrected chi connectivity index (χ1v) is 5.61. The van der Waals surface area contributed by atoms with Crippen LogP contribution in [0.5, 0.6) is 0 Å². The van der Waals surface area contributed by atoms with Gasteiger partial charge < -0.3 is 9.84 Å². The molecule has 1 amide bonds. The van der Waals surface area contributed by atoms with Crippen LogP contribution in [0.4, 0.5) is 5.69 Å². The first-order chi connectivity index (χ1) is 8.31. The molecule has 0 spiro atoms. The van der Waals surface area contributed by atoms with E-state index in [0.717, 1.165) is 12.0 Å². The normalized spacial score (nSPS) is 10.2. The Morgan fingerprint density at radius 3 is 2.82 bits per heavy atom. The second kappa shape index (κ2) is 5.30. The lowest BCUT2D eigenvalue weighted by molar-refractivity contribution is -0.116. The van der Waals surface area contributed by atoms with Crippen molar-refractivity contribution in [1.29, 1.82) is 0 Å². The van der Waals surface area contributed by atoms with Crippen LogP contribution >= 0.6 is 0 Å². The zero-order chi connectivity index (χ0) is 12.1. The summed E-state index contributed by atoms with van der Waals surface area (Å²) in [5, 5.41) is 6.52. The maximum atomic E-state index is 11.5. The molecule has 0 radical (unpaired) electrons. The van der Waals surface area contributed by atoms with E-state index in [1.165, 1.54) is 6.20 Å². The third-order valence-electron chi connectivity index (χ3n) is 2.36. The van der Waals surface area contributed by atoms with E-state index in [2.05, 4.69) is 10.5 Å². The Kier molecular flexibility index (Phi) is 3.55. The summed E-state index contributed by atoms with van der Waals surface area (Å²) in [4.78, 5) is 11.5. The van der Waals surface area contributed by atoms with Crippen molar-refractivity contribution in [2.75, 3.05) is 5.32 Å². The minimum absolute atomic E-state index is 0.0205. The van der Waals surface area contributed by atoms with Gasteiger partial charge in [-0.15, -0.1) is 0 Å². The van der Waals surface area contributed by atoms with Crippen LogP contribution in [-0.4, -0.2) is 11.1 Å². The lowest BCUT2D eigenvalue weighted by Crippen LogP contribution is -2.10. The molecule has 0 fully saturated rings. The van der Waals surface area contributed by atoms with Crippen LogP contribution in [0.2, 0.25) is 0 Å². The van der Waals surface area contributed by atoms with Crippen LogP contribution in [0.25, 0.3) is 11.3 Å². The third kappa shape index (κ3) is 2.72. The second-order valence-electron chi connectivity index (χ2n) is 3.73. The highest BCUT2D eigenvalue weighted by Gasteiger charge is 2.12. The largest absolute Gasteiger partial charge is 0.354 e. The van der Waals surface area contributed by atoms with Gasteiger partial charge in [-0.05, 0) is 6.42 Å². The number of carbonyl (C=O) groups is 1. The quantitative estimate of drug-likeness (QED) is 0.878. The van der Waals surface area contributed by atoms with Gasteiger partial charge in [0, 0.05) is 12.0 Å². The average Bonchev–Trinajstić information content (AvgIpc) is 2.78. The number of hydrogen-bond donors (Lipinski definition) is 1. The molecule has 4 nitrogen and oxygen atoms in total. The van der Waals surface area contributed by atoms with Gasteiger partial charge in [0.2, 0.25) is 5.91 Å². The minimum Gasteiger partial charge on any atom is -0.354 e. The van der Waals surface area contributed by atoms with Crippen LogP contribution in [0.1, 0.15) is 19.8 Å². The molecule has 0 saturated carbocycles. The molecule has 0 aliphatic carbocycles. The monoisotopic (exact) mass is 230 g/mol. The summed E-state index contributed by atoms with van der Waals surface area (Å²) in [6.07, 6.45) is 2.84. The summed E-state index contributed by atoms with van der Waals surface area (Å²) in [7, 11) is 0. The van der Waals surface area contributed by atoms with E-state index >= 15 is 0 Å². The van der Waals surface area contributed by atoms with Crippen molar-refractivity contribution in [3.63, 3.8) is 0 Å². The first-order valence-electron chi connectivity index (χ1n) is 5.61. The van der Waals surface area contributed by atoms with E-state index in [9.17, 15) is 4.79 Å². The van der Waals surface area contributed by atoms with E-state index in [4.69, 9.17) is 4.52 Å². The average molecular weight is 230 g/mol. The van der Waals surface area contributed by atoms with Gasteiger partial charge in [-0.3, -0.25) is 4.79 Å². The molecule has 17 heavy (non-hydrogen) atoms. The Morgan fingerprint density at radius 1 is 1.35 bits per heavy atom. The highest BCUT2D eigenvalue weighted by atomic mass is 16.5. The molecular formula is C13H14N2O2. The molecule has 0 saturated heterocycles. The van der Waals surface area contributed by atoms with Gasteiger partial charge in [0.25, 0.3) is 0 Å². The maximum absolute atomic E-state index is 11.5. The Balaban J connectivity index is 2.20. The fourth-order valence-electron chi connectivity index (χ4n) is 1.57. The molecule has 0 unspecified atom stereocenters. The summed E-state index contributed by atoms with van der Waals surface area (Å²) in [5.41, 5.74) is 1.52. The Bertz CT molecular complexity index is 491. The van der Waals surface area contributed by atoms with E-state index in [1.54, 1.807) is 0 Å². The van der Waals surface area contributed by atoms with Crippen LogP contribution in [0.15, 0.2) is 41.1 Å². The smallest absolute Gasteiger partial charge is 0.224 e. The van der Waals surface area contributed by atoms with E-state index in [-0.39, 0.29) is 5.91 Å². The van der Waals surface area contributed by atoms with Crippen molar-refractivity contribution in [1.82, 2.24) is 5.16 Å². The van der Waals surface area contributed by atoms with Gasteiger partial charge in [0.05, 0.1) is 6.20 Å². The highest BCUT2D eigenvalue weighted by Crippen LogP contribution is 2.27. The SMILES string of the molecule is CCCC(=O)Nc1cnoc1-c1ccccc1. The number of rotatable bonds is 4. The van der Waals surface area contributed by atoms with Crippen LogP contribution in [0.3, 0.4) is 0 Å². The number of nitrogens with one attached hydrogen (secondary N) is 1. The number of amides is 1. The fraction of sp³-hybridized carbons (Fsp3) is 0.231. The van der Waals surface area contributed by atoms with Gasteiger partial charge >= 0.3 is 0 Å². The van der Waals surface area contributed by atoms with Crippen LogP contribution in [0, 0.1) is 0 Å². The van der Waals surface area contributed by atoms with Gasteiger partial charge in [-0.25, -0.2) is 0 Å². The molecular weight excluding hydrogens is 216 g/mol. The Hall–Kier alpha value is -2.10. The van der Waals surface area contributed by atoms with E-state index < -0.39 is 0 Å². The molecule has 1 heterocycles. The Labute approximate surface area is 99.6 Å². The molecule has 1 N–H and O–H groups in total. The van der Waals surface area contributed by atoms with Gasteiger partial charge in [0.1, 0.15) is 5.69 Å². The van der Waals surface area contributed by atoms with Crippen molar-refractivity contribution >= 4 is 11.6 Å². The molecule has 4 heteroatoms. The molecule has 1 aromatic heterocycles. The lowest BCUT2D eigenvalue weighted by Gasteiger charge is -2.03. The molecule has 0 aliphatic rings. The van der Waals surface area contributed by atoms with Gasteiger partial charge in [-0.2, -0.15) is 0 Å². The zero-order valence-corrected chi connectivity index (χ0v) is 9.64. The summed E-state index contributed by atoms with van der Waals surface area (Å²) in [6.45, 7) is 1.96. The lowest BCUT2D eigenvalue weighted by atomic mass is 10.1. The number of carbonyl (C=O) groups excluding carboxylic acids is 1. The van der Waals surface area contributed by atoms with Crippen molar-refractivity contribution in [3.8, 4) is 11.3 Å². The molecule has 0 aliphatic heterocycles. The topological polar surface area (TPSA) is 55.1 Å². The number of benzene rings is 1.